The van der Waals surface area contributed by atoms with Crippen molar-refractivity contribution in [1.82, 2.24) is 5.32 Å². The molecule has 2 aliphatic rings. The summed E-state index contributed by atoms with van der Waals surface area (Å²) in [7, 11) is 0. The molecule has 3 heteroatoms. The van der Waals surface area contributed by atoms with E-state index in [2.05, 4.69) is 12.2 Å². The van der Waals surface area contributed by atoms with Crippen molar-refractivity contribution < 1.29 is 4.74 Å². The van der Waals surface area contributed by atoms with Gasteiger partial charge in [-0.2, -0.15) is 0 Å². The first-order valence-corrected chi connectivity index (χ1v) is 8.74. The predicted molar refractivity (Wildman–Crippen MR) is 88.2 cm³/mol. The van der Waals surface area contributed by atoms with Crippen LogP contribution in [0.25, 0.3) is 0 Å². The molecule has 1 aliphatic heterocycles. The Balaban J connectivity index is 1.34. The summed E-state index contributed by atoms with van der Waals surface area (Å²) in [4.78, 5) is 0. The van der Waals surface area contributed by atoms with Crippen LogP contribution in [-0.4, -0.2) is 19.2 Å². The molecule has 0 spiro atoms. The lowest BCUT2D eigenvalue weighted by molar-refractivity contribution is 0.222. The Bertz CT molecular complexity index is 468. The fourth-order valence-electron chi connectivity index (χ4n) is 3.59. The van der Waals surface area contributed by atoms with Gasteiger partial charge < -0.3 is 10.1 Å². The van der Waals surface area contributed by atoms with Crippen LogP contribution in [0.3, 0.4) is 0 Å². The Labute approximate surface area is 133 Å². The van der Waals surface area contributed by atoms with Gasteiger partial charge in [-0.1, -0.05) is 44.2 Å². The SMILES string of the molecule is CC1CCC(CCNCC2Cc3cc(Cl)ccc3O2)CC1. The molecule has 0 bridgehead atoms. The Hall–Kier alpha value is -0.730. The van der Waals surface area contributed by atoms with Gasteiger partial charge in [0, 0.05) is 18.0 Å². The van der Waals surface area contributed by atoms with Gasteiger partial charge in [-0.3, -0.25) is 0 Å². The second-order valence-corrected chi connectivity index (χ2v) is 7.25. The van der Waals surface area contributed by atoms with Crippen molar-refractivity contribution in [2.24, 2.45) is 11.8 Å². The first-order valence-electron chi connectivity index (χ1n) is 8.36. The monoisotopic (exact) mass is 307 g/mol. The van der Waals surface area contributed by atoms with E-state index in [1.54, 1.807) is 0 Å². The average Bonchev–Trinajstić information content (AvgIpc) is 2.87. The number of rotatable bonds is 5. The van der Waals surface area contributed by atoms with E-state index in [0.717, 1.165) is 42.1 Å². The molecule has 1 unspecified atom stereocenters. The lowest BCUT2D eigenvalue weighted by Gasteiger charge is -2.26. The van der Waals surface area contributed by atoms with E-state index >= 15 is 0 Å². The quantitative estimate of drug-likeness (QED) is 0.812. The van der Waals surface area contributed by atoms with Gasteiger partial charge >= 0.3 is 0 Å². The van der Waals surface area contributed by atoms with E-state index in [1.165, 1.54) is 37.7 Å². The highest BCUT2D eigenvalue weighted by molar-refractivity contribution is 6.30. The molecule has 1 atom stereocenters. The van der Waals surface area contributed by atoms with Crippen molar-refractivity contribution in [3.05, 3.63) is 28.8 Å². The molecule has 1 aliphatic carbocycles. The van der Waals surface area contributed by atoms with Gasteiger partial charge in [-0.05, 0) is 48.6 Å². The van der Waals surface area contributed by atoms with E-state index in [-0.39, 0.29) is 6.10 Å². The molecule has 1 fully saturated rings. The third kappa shape index (κ3) is 4.14. The minimum atomic E-state index is 0.268. The molecule has 1 N–H and O–H groups in total. The number of ether oxygens (including phenoxy) is 1. The maximum absolute atomic E-state index is 6.02. The summed E-state index contributed by atoms with van der Waals surface area (Å²) in [6.07, 6.45) is 8.25. The van der Waals surface area contributed by atoms with Crippen LogP contribution >= 0.6 is 11.6 Å². The summed E-state index contributed by atoms with van der Waals surface area (Å²) in [5.74, 6) is 2.90. The first-order chi connectivity index (χ1) is 10.2. The standard InChI is InChI=1S/C18H26ClNO/c1-13-2-4-14(5-3-13)8-9-20-12-17-11-15-10-16(19)6-7-18(15)21-17/h6-7,10,13-14,17,20H,2-5,8-9,11-12H2,1H3. The van der Waals surface area contributed by atoms with Crippen LogP contribution in [0, 0.1) is 11.8 Å². The summed E-state index contributed by atoms with van der Waals surface area (Å²) in [6, 6.07) is 5.92. The highest BCUT2D eigenvalue weighted by Gasteiger charge is 2.23. The summed E-state index contributed by atoms with van der Waals surface area (Å²) >= 11 is 6.02. The largest absolute Gasteiger partial charge is 0.488 e. The van der Waals surface area contributed by atoms with E-state index in [1.807, 2.05) is 18.2 Å². The molecule has 1 heterocycles. The zero-order chi connectivity index (χ0) is 14.7. The minimum Gasteiger partial charge on any atom is -0.488 e. The zero-order valence-corrected chi connectivity index (χ0v) is 13.7. The third-order valence-corrected chi connectivity index (χ3v) is 5.24. The number of fused-ring (bicyclic) bond motifs is 1. The molecule has 3 rings (SSSR count). The number of hydrogen-bond donors (Lipinski definition) is 1. The maximum Gasteiger partial charge on any atom is 0.123 e. The van der Waals surface area contributed by atoms with Crippen LogP contribution in [0.5, 0.6) is 5.75 Å². The summed E-state index contributed by atoms with van der Waals surface area (Å²) in [6.45, 7) is 4.45. The van der Waals surface area contributed by atoms with Gasteiger partial charge in [-0.25, -0.2) is 0 Å². The maximum atomic E-state index is 6.02. The molecule has 0 amide bonds. The molecule has 1 aromatic carbocycles. The fraction of sp³-hybridized carbons (Fsp3) is 0.667. The molecule has 0 radical (unpaired) electrons. The lowest BCUT2D eigenvalue weighted by atomic mass is 9.81. The van der Waals surface area contributed by atoms with Crippen molar-refractivity contribution in [3.8, 4) is 5.75 Å². The highest BCUT2D eigenvalue weighted by Crippen LogP contribution is 2.31. The van der Waals surface area contributed by atoms with Gasteiger partial charge in [0.1, 0.15) is 11.9 Å². The summed E-state index contributed by atoms with van der Waals surface area (Å²) in [5, 5.41) is 4.38. The Morgan fingerprint density at radius 2 is 2.05 bits per heavy atom. The van der Waals surface area contributed by atoms with E-state index in [4.69, 9.17) is 16.3 Å². The van der Waals surface area contributed by atoms with Crippen LogP contribution < -0.4 is 10.1 Å². The van der Waals surface area contributed by atoms with E-state index in [0.29, 0.717) is 0 Å². The molecule has 0 aromatic heterocycles. The normalized spacial score (nSPS) is 28.2. The van der Waals surface area contributed by atoms with E-state index in [9.17, 15) is 0 Å². The average molecular weight is 308 g/mol. The third-order valence-electron chi connectivity index (χ3n) is 5.00. The molecular weight excluding hydrogens is 282 g/mol. The van der Waals surface area contributed by atoms with Gasteiger partial charge in [-0.15, -0.1) is 0 Å². The van der Waals surface area contributed by atoms with Crippen molar-refractivity contribution in [3.63, 3.8) is 0 Å². The molecular formula is C18H26ClNO. The zero-order valence-electron chi connectivity index (χ0n) is 12.9. The molecule has 1 saturated carbocycles. The smallest absolute Gasteiger partial charge is 0.123 e. The van der Waals surface area contributed by atoms with Crippen LogP contribution in [0.1, 0.15) is 44.6 Å². The van der Waals surface area contributed by atoms with Crippen LogP contribution in [-0.2, 0) is 6.42 Å². The van der Waals surface area contributed by atoms with Gasteiger partial charge in [0.15, 0.2) is 0 Å². The molecule has 0 saturated heterocycles. The van der Waals surface area contributed by atoms with Gasteiger partial charge in [0.05, 0.1) is 0 Å². The lowest BCUT2D eigenvalue weighted by Crippen LogP contribution is -2.31. The van der Waals surface area contributed by atoms with Crippen LogP contribution in [0.2, 0.25) is 5.02 Å². The Morgan fingerprint density at radius 1 is 1.24 bits per heavy atom. The number of halogens is 1. The predicted octanol–water partition coefficient (Wildman–Crippen LogP) is 4.45. The van der Waals surface area contributed by atoms with Gasteiger partial charge in [0.2, 0.25) is 0 Å². The molecule has 116 valence electrons. The Morgan fingerprint density at radius 3 is 2.86 bits per heavy atom. The van der Waals surface area contributed by atoms with Crippen molar-refractivity contribution >= 4 is 11.6 Å². The number of nitrogens with one attached hydrogen (secondary N) is 1. The second kappa shape index (κ2) is 7.02. The van der Waals surface area contributed by atoms with Crippen molar-refractivity contribution in [2.75, 3.05) is 13.1 Å². The van der Waals surface area contributed by atoms with Crippen LogP contribution in [0.4, 0.5) is 0 Å². The van der Waals surface area contributed by atoms with Crippen LogP contribution in [0.15, 0.2) is 18.2 Å². The molecule has 2 nitrogen and oxygen atoms in total. The van der Waals surface area contributed by atoms with Crippen molar-refractivity contribution in [2.45, 2.75) is 51.6 Å². The first kappa shape index (κ1) is 15.2. The second-order valence-electron chi connectivity index (χ2n) is 6.81. The Kier molecular flexibility index (Phi) is 5.07. The summed E-state index contributed by atoms with van der Waals surface area (Å²) < 4.78 is 5.95. The highest BCUT2D eigenvalue weighted by atomic mass is 35.5. The molecule has 21 heavy (non-hydrogen) atoms. The topological polar surface area (TPSA) is 21.3 Å². The molecule has 1 aromatic rings. The summed E-state index contributed by atoms with van der Waals surface area (Å²) in [5.41, 5.74) is 1.25. The van der Waals surface area contributed by atoms with Gasteiger partial charge in [0.25, 0.3) is 0 Å². The number of hydrogen-bond acceptors (Lipinski definition) is 2. The fourth-order valence-corrected chi connectivity index (χ4v) is 3.78. The van der Waals surface area contributed by atoms with Crippen molar-refractivity contribution in [1.29, 1.82) is 0 Å². The minimum absolute atomic E-state index is 0.268. The number of benzene rings is 1. The van der Waals surface area contributed by atoms with E-state index < -0.39 is 0 Å².